The summed E-state index contributed by atoms with van der Waals surface area (Å²) in [6, 6.07) is 6.81. The first-order valence-electron chi connectivity index (χ1n) is 8.24. The van der Waals surface area contributed by atoms with Crippen LogP contribution in [-0.2, 0) is 9.53 Å². The molecule has 25 heavy (non-hydrogen) atoms. The maximum absolute atomic E-state index is 12.1. The molecule has 0 unspecified atom stereocenters. The summed E-state index contributed by atoms with van der Waals surface area (Å²) in [7, 11) is 1.51. The lowest BCUT2D eigenvalue weighted by atomic mass is 10.00. The zero-order valence-electron chi connectivity index (χ0n) is 14.5. The minimum Gasteiger partial charge on any atom is -0.493 e. The van der Waals surface area contributed by atoms with Gasteiger partial charge in [0.15, 0.2) is 18.1 Å². The summed E-state index contributed by atoms with van der Waals surface area (Å²) in [4.78, 5) is 24.1. The Morgan fingerprint density at radius 2 is 2.00 bits per heavy atom. The van der Waals surface area contributed by atoms with Gasteiger partial charge in [0.25, 0.3) is 5.91 Å². The number of amides is 1. The first kappa shape index (κ1) is 18.6. The van der Waals surface area contributed by atoms with Gasteiger partial charge in [0.05, 0.1) is 25.3 Å². The molecule has 1 aliphatic rings. The number of nitrogens with one attached hydrogen (secondary N) is 1. The minimum absolute atomic E-state index is 0.257. The SMILES string of the molecule is CCOc1cc(C(=O)OCC(=O)NC2(C#N)CCCC2)ccc1OC. The molecule has 1 aliphatic carbocycles. The van der Waals surface area contributed by atoms with Crippen molar-refractivity contribution in [3.63, 3.8) is 0 Å². The summed E-state index contributed by atoms with van der Waals surface area (Å²) in [5.41, 5.74) is -0.570. The van der Waals surface area contributed by atoms with Crippen LogP contribution in [0.1, 0.15) is 43.0 Å². The lowest BCUT2D eigenvalue weighted by molar-refractivity contribution is -0.125. The van der Waals surface area contributed by atoms with Crippen LogP contribution in [0.25, 0.3) is 0 Å². The van der Waals surface area contributed by atoms with E-state index in [9.17, 15) is 14.9 Å². The quantitative estimate of drug-likeness (QED) is 0.760. The van der Waals surface area contributed by atoms with E-state index in [-0.39, 0.29) is 5.56 Å². The van der Waals surface area contributed by atoms with E-state index >= 15 is 0 Å². The topological polar surface area (TPSA) is 97.6 Å². The van der Waals surface area contributed by atoms with Crippen molar-refractivity contribution in [3.8, 4) is 17.6 Å². The van der Waals surface area contributed by atoms with Crippen LogP contribution in [0, 0.1) is 11.3 Å². The molecule has 7 nitrogen and oxygen atoms in total. The van der Waals surface area contributed by atoms with Gasteiger partial charge in [-0.2, -0.15) is 5.26 Å². The summed E-state index contributed by atoms with van der Waals surface area (Å²) in [5, 5.41) is 11.9. The Labute approximate surface area is 146 Å². The van der Waals surface area contributed by atoms with Crippen LogP contribution < -0.4 is 14.8 Å². The van der Waals surface area contributed by atoms with Gasteiger partial charge >= 0.3 is 5.97 Å². The average Bonchev–Trinajstić information content (AvgIpc) is 3.09. The number of nitrogens with zero attached hydrogens (tertiary/aromatic N) is 1. The fourth-order valence-electron chi connectivity index (χ4n) is 2.83. The van der Waals surface area contributed by atoms with E-state index in [1.165, 1.54) is 19.2 Å². The second-order valence-electron chi connectivity index (χ2n) is 5.82. The molecule has 0 heterocycles. The zero-order valence-corrected chi connectivity index (χ0v) is 14.5. The average molecular weight is 346 g/mol. The summed E-state index contributed by atoms with van der Waals surface area (Å²) in [6.45, 7) is 1.81. The molecule has 0 saturated heterocycles. The Morgan fingerprint density at radius 3 is 2.60 bits per heavy atom. The van der Waals surface area contributed by atoms with Gasteiger partial charge in [0.1, 0.15) is 5.54 Å². The van der Waals surface area contributed by atoms with Gasteiger partial charge in [0, 0.05) is 0 Å². The number of hydrogen-bond acceptors (Lipinski definition) is 6. The third kappa shape index (κ3) is 4.63. The monoisotopic (exact) mass is 346 g/mol. The van der Waals surface area contributed by atoms with Gasteiger partial charge in [-0.05, 0) is 50.8 Å². The lowest BCUT2D eigenvalue weighted by Crippen LogP contribution is -2.46. The van der Waals surface area contributed by atoms with Gasteiger partial charge in [-0.3, -0.25) is 4.79 Å². The van der Waals surface area contributed by atoms with E-state index in [4.69, 9.17) is 14.2 Å². The van der Waals surface area contributed by atoms with Crippen molar-refractivity contribution in [1.29, 1.82) is 5.26 Å². The van der Waals surface area contributed by atoms with E-state index in [1.807, 2.05) is 6.92 Å². The smallest absolute Gasteiger partial charge is 0.338 e. The summed E-state index contributed by atoms with van der Waals surface area (Å²) < 4.78 is 15.6. The van der Waals surface area contributed by atoms with Gasteiger partial charge in [-0.25, -0.2) is 4.79 Å². The molecular weight excluding hydrogens is 324 g/mol. The molecule has 1 saturated carbocycles. The third-order valence-corrected chi connectivity index (χ3v) is 4.08. The molecule has 134 valence electrons. The highest BCUT2D eigenvalue weighted by molar-refractivity contribution is 5.92. The molecule has 1 aromatic rings. The predicted molar refractivity (Wildman–Crippen MR) is 89.4 cm³/mol. The second kappa shape index (κ2) is 8.38. The molecule has 1 N–H and O–H groups in total. The van der Waals surface area contributed by atoms with Crippen molar-refractivity contribution >= 4 is 11.9 Å². The van der Waals surface area contributed by atoms with Gasteiger partial charge in [0.2, 0.25) is 0 Å². The highest BCUT2D eigenvalue weighted by atomic mass is 16.5. The van der Waals surface area contributed by atoms with Crippen LogP contribution in [0.3, 0.4) is 0 Å². The second-order valence-corrected chi connectivity index (χ2v) is 5.82. The number of carbonyl (C=O) groups excluding carboxylic acids is 2. The molecule has 0 radical (unpaired) electrons. The van der Waals surface area contributed by atoms with E-state index in [1.54, 1.807) is 6.07 Å². The van der Waals surface area contributed by atoms with Crippen LogP contribution in [0.15, 0.2) is 18.2 Å². The van der Waals surface area contributed by atoms with Crippen LogP contribution >= 0.6 is 0 Å². The molecule has 0 aliphatic heterocycles. The molecule has 2 rings (SSSR count). The summed E-state index contributed by atoms with van der Waals surface area (Å²) in [5.74, 6) is -0.182. The molecule has 0 bridgehead atoms. The number of nitriles is 1. The molecular formula is C18H22N2O5. The third-order valence-electron chi connectivity index (χ3n) is 4.08. The van der Waals surface area contributed by atoms with Crippen molar-refractivity contribution in [2.45, 2.75) is 38.1 Å². The van der Waals surface area contributed by atoms with Crippen molar-refractivity contribution in [1.82, 2.24) is 5.32 Å². The van der Waals surface area contributed by atoms with E-state index in [0.29, 0.717) is 30.9 Å². The van der Waals surface area contributed by atoms with E-state index in [2.05, 4.69) is 11.4 Å². The largest absolute Gasteiger partial charge is 0.493 e. The molecule has 1 amide bonds. The Hall–Kier alpha value is -2.75. The van der Waals surface area contributed by atoms with Gasteiger partial charge in [-0.1, -0.05) is 0 Å². The first-order valence-corrected chi connectivity index (χ1v) is 8.24. The highest BCUT2D eigenvalue weighted by Gasteiger charge is 2.35. The number of methoxy groups -OCH3 is 1. The lowest BCUT2D eigenvalue weighted by Gasteiger charge is -2.21. The minimum atomic E-state index is -0.828. The summed E-state index contributed by atoms with van der Waals surface area (Å²) in [6.07, 6.45) is 3.05. The van der Waals surface area contributed by atoms with Crippen molar-refractivity contribution in [2.24, 2.45) is 0 Å². The standard InChI is InChI=1S/C18H22N2O5/c1-3-24-15-10-13(6-7-14(15)23-2)17(22)25-11-16(21)20-18(12-19)8-4-5-9-18/h6-7,10H,3-5,8-9,11H2,1-2H3,(H,20,21). The highest BCUT2D eigenvalue weighted by Crippen LogP contribution is 2.29. The van der Waals surface area contributed by atoms with Crippen molar-refractivity contribution < 1.29 is 23.8 Å². The number of carbonyl (C=O) groups is 2. The molecule has 7 heteroatoms. The van der Waals surface area contributed by atoms with Crippen LogP contribution in [0.4, 0.5) is 0 Å². The number of benzene rings is 1. The molecule has 0 aromatic heterocycles. The number of rotatable bonds is 7. The maximum Gasteiger partial charge on any atom is 0.338 e. The number of esters is 1. The molecule has 1 aromatic carbocycles. The van der Waals surface area contributed by atoms with Crippen molar-refractivity contribution in [2.75, 3.05) is 20.3 Å². The Bertz CT molecular complexity index is 675. The van der Waals surface area contributed by atoms with Gasteiger partial charge < -0.3 is 19.5 Å². The van der Waals surface area contributed by atoms with E-state index in [0.717, 1.165) is 12.8 Å². The first-order chi connectivity index (χ1) is 12.0. The van der Waals surface area contributed by atoms with Crippen LogP contribution in [-0.4, -0.2) is 37.7 Å². The normalized spacial score (nSPS) is 15.1. The Kier molecular flexibility index (Phi) is 6.23. The van der Waals surface area contributed by atoms with Gasteiger partial charge in [-0.15, -0.1) is 0 Å². The van der Waals surface area contributed by atoms with Crippen LogP contribution in [0.2, 0.25) is 0 Å². The Morgan fingerprint density at radius 1 is 1.28 bits per heavy atom. The van der Waals surface area contributed by atoms with Crippen LogP contribution in [0.5, 0.6) is 11.5 Å². The van der Waals surface area contributed by atoms with Crippen molar-refractivity contribution in [3.05, 3.63) is 23.8 Å². The summed E-state index contributed by atoms with van der Waals surface area (Å²) >= 11 is 0. The fraction of sp³-hybridized carbons (Fsp3) is 0.500. The Balaban J connectivity index is 1.94. The zero-order chi connectivity index (χ0) is 18.3. The molecule has 0 spiro atoms. The fourth-order valence-corrected chi connectivity index (χ4v) is 2.83. The predicted octanol–water partition coefficient (Wildman–Crippen LogP) is 2.20. The molecule has 0 atom stereocenters. The number of ether oxygens (including phenoxy) is 3. The molecule has 1 fully saturated rings. The number of hydrogen-bond donors (Lipinski definition) is 1. The van der Waals surface area contributed by atoms with E-state index < -0.39 is 24.0 Å². The maximum atomic E-state index is 12.1.